The van der Waals surface area contributed by atoms with Gasteiger partial charge in [-0.3, -0.25) is 10.1 Å². The fraction of sp³-hybridized carbons (Fsp3) is 0. The Kier molecular flexibility index (Phi) is 3.88. The largest absolute Gasteiger partial charge is 0.296 e. The maximum Gasteiger partial charge on any atom is 0.257 e. The fourth-order valence-corrected chi connectivity index (χ4v) is 2.57. The first-order valence-corrected chi connectivity index (χ1v) is 7.10. The van der Waals surface area contributed by atoms with E-state index in [0.717, 1.165) is 17.7 Å². The van der Waals surface area contributed by atoms with Crippen LogP contribution >= 0.6 is 11.3 Å². The number of hydrogen-bond donors (Lipinski definition) is 1. The molecule has 1 aromatic heterocycles. The fourth-order valence-electron chi connectivity index (χ4n) is 1.83. The van der Waals surface area contributed by atoms with E-state index < -0.39 is 17.5 Å². The average molecular weight is 317 g/mol. The lowest BCUT2D eigenvalue weighted by Crippen LogP contribution is -2.12. The van der Waals surface area contributed by atoms with Gasteiger partial charge in [-0.15, -0.1) is 10.2 Å². The van der Waals surface area contributed by atoms with E-state index in [4.69, 9.17) is 0 Å². The predicted molar refractivity (Wildman–Crippen MR) is 79.7 cm³/mol. The van der Waals surface area contributed by atoms with E-state index in [-0.39, 0.29) is 10.7 Å². The molecule has 0 radical (unpaired) electrons. The van der Waals surface area contributed by atoms with Gasteiger partial charge in [0.1, 0.15) is 16.6 Å². The Bertz CT molecular complexity index is 800. The van der Waals surface area contributed by atoms with Crippen LogP contribution in [0.2, 0.25) is 0 Å². The third kappa shape index (κ3) is 3.15. The lowest BCUT2D eigenvalue weighted by Gasteiger charge is -2.01. The van der Waals surface area contributed by atoms with Crippen LogP contribution in [0.5, 0.6) is 0 Å². The molecule has 3 aromatic rings. The van der Waals surface area contributed by atoms with E-state index in [9.17, 15) is 13.6 Å². The predicted octanol–water partition coefficient (Wildman–Crippen LogP) is 3.74. The number of halogens is 2. The number of nitrogens with zero attached hydrogens (tertiary/aromatic N) is 2. The summed E-state index contributed by atoms with van der Waals surface area (Å²) in [6.45, 7) is 0. The highest BCUT2D eigenvalue weighted by atomic mass is 32.1. The van der Waals surface area contributed by atoms with E-state index >= 15 is 0 Å². The molecule has 0 saturated heterocycles. The van der Waals surface area contributed by atoms with E-state index in [1.165, 1.54) is 11.3 Å². The molecule has 0 bridgehead atoms. The summed E-state index contributed by atoms with van der Waals surface area (Å²) in [5.74, 6) is -2.27. The minimum Gasteiger partial charge on any atom is -0.296 e. The molecule has 1 heterocycles. The zero-order valence-electron chi connectivity index (χ0n) is 11.1. The minimum atomic E-state index is -0.813. The molecule has 0 spiro atoms. The molecule has 0 unspecified atom stereocenters. The van der Waals surface area contributed by atoms with Gasteiger partial charge < -0.3 is 0 Å². The van der Waals surface area contributed by atoms with Crippen LogP contribution in [0.25, 0.3) is 10.6 Å². The first kappa shape index (κ1) is 14.3. The first-order valence-electron chi connectivity index (χ1n) is 6.28. The summed E-state index contributed by atoms with van der Waals surface area (Å²) in [7, 11) is 0. The lowest BCUT2D eigenvalue weighted by atomic mass is 10.2. The Morgan fingerprint density at radius 3 is 2.36 bits per heavy atom. The zero-order chi connectivity index (χ0) is 15.5. The Morgan fingerprint density at radius 2 is 1.68 bits per heavy atom. The summed E-state index contributed by atoms with van der Waals surface area (Å²) in [5.41, 5.74) is 0.756. The highest BCUT2D eigenvalue weighted by Gasteiger charge is 2.13. The van der Waals surface area contributed by atoms with Gasteiger partial charge in [-0.1, -0.05) is 41.7 Å². The van der Waals surface area contributed by atoms with Gasteiger partial charge in [-0.2, -0.15) is 0 Å². The lowest BCUT2D eigenvalue weighted by molar-refractivity contribution is 0.102. The molecule has 2 aromatic carbocycles. The number of anilines is 1. The second-order valence-electron chi connectivity index (χ2n) is 4.39. The van der Waals surface area contributed by atoms with E-state index in [1.807, 2.05) is 30.3 Å². The summed E-state index contributed by atoms with van der Waals surface area (Å²) < 4.78 is 26.2. The Balaban J connectivity index is 1.79. The van der Waals surface area contributed by atoms with E-state index in [0.29, 0.717) is 11.1 Å². The van der Waals surface area contributed by atoms with Crippen LogP contribution in [0.4, 0.5) is 13.9 Å². The minimum absolute atomic E-state index is 0.117. The van der Waals surface area contributed by atoms with Crippen molar-refractivity contribution in [1.82, 2.24) is 10.2 Å². The number of amides is 1. The molecule has 1 N–H and O–H groups in total. The summed E-state index contributed by atoms with van der Waals surface area (Å²) in [6, 6.07) is 12.0. The Morgan fingerprint density at radius 1 is 1.00 bits per heavy atom. The van der Waals surface area contributed by atoms with Gasteiger partial charge in [-0.25, -0.2) is 8.78 Å². The summed E-state index contributed by atoms with van der Waals surface area (Å²) in [4.78, 5) is 12.0. The summed E-state index contributed by atoms with van der Waals surface area (Å²) in [6.07, 6.45) is 0. The van der Waals surface area contributed by atoms with Crippen molar-refractivity contribution in [3.63, 3.8) is 0 Å². The Labute approximate surface area is 128 Å². The van der Waals surface area contributed by atoms with Crippen LogP contribution in [-0.4, -0.2) is 16.1 Å². The number of carbonyl (C=O) groups is 1. The van der Waals surface area contributed by atoms with Crippen LogP contribution in [0.3, 0.4) is 0 Å². The number of carbonyl (C=O) groups excluding carboxylic acids is 1. The van der Waals surface area contributed by atoms with Crippen molar-refractivity contribution >= 4 is 22.4 Å². The molecule has 110 valence electrons. The quantitative estimate of drug-likeness (QED) is 0.800. The van der Waals surface area contributed by atoms with Crippen molar-refractivity contribution < 1.29 is 13.6 Å². The molecule has 1 amide bonds. The van der Waals surface area contributed by atoms with Crippen molar-refractivity contribution in [1.29, 1.82) is 0 Å². The highest BCUT2D eigenvalue weighted by Crippen LogP contribution is 2.26. The normalized spacial score (nSPS) is 10.5. The van der Waals surface area contributed by atoms with Crippen molar-refractivity contribution in [2.24, 2.45) is 0 Å². The number of nitrogens with one attached hydrogen (secondary N) is 1. The monoisotopic (exact) mass is 317 g/mol. The van der Waals surface area contributed by atoms with Crippen LogP contribution in [-0.2, 0) is 0 Å². The summed E-state index contributed by atoms with van der Waals surface area (Å²) >= 11 is 1.18. The third-order valence-electron chi connectivity index (χ3n) is 2.79. The molecule has 0 aliphatic heterocycles. The molecule has 22 heavy (non-hydrogen) atoms. The van der Waals surface area contributed by atoms with Gasteiger partial charge in [-0.05, 0) is 12.1 Å². The van der Waals surface area contributed by atoms with Gasteiger partial charge in [0, 0.05) is 17.2 Å². The topological polar surface area (TPSA) is 54.9 Å². The molecule has 0 atom stereocenters. The number of benzene rings is 2. The zero-order valence-corrected chi connectivity index (χ0v) is 11.9. The van der Waals surface area contributed by atoms with Crippen LogP contribution in [0.1, 0.15) is 10.4 Å². The highest BCUT2D eigenvalue weighted by molar-refractivity contribution is 7.18. The first-order chi connectivity index (χ1) is 10.6. The second kappa shape index (κ2) is 5.98. The number of hydrogen-bond acceptors (Lipinski definition) is 4. The van der Waals surface area contributed by atoms with Crippen molar-refractivity contribution in [3.8, 4) is 10.6 Å². The second-order valence-corrected chi connectivity index (χ2v) is 5.37. The maximum absolute atomic E-state index is 13.1. The van der Waals surface area contributed by atoms with E-state index in [1.54, 1.807) is 0 Å². The van der Waals surface area contributed by atoms with Gasteiger partial charge in [0.05, 0.1) is 0 Å². The molecule has 0 aliphatic carbocycles. The molecule has 7 heteroatoms. The smallest absolute Gasteiger partial charge is 0.257 e. The van der Waals surface area contributed by atoms with Crippen LogP contribution < -0.4 is 5.32 Å². The molecule has 0 saturated carbocycles. The van der Waals surface area contributed by atoms with Crippen LogP contribution in [0, 0.1) is 11.6 Å². The van der Waals surface area contributed by atoms with Gasteiger partial charge >= 0.3 is 0 Å². The van der Waals surface area contributed by atoms with E-state index in [2.05, 4.69) is 15.5 Å². The number of rotatable bonds is 3. The third-order valence-corrected chi connectivity index (χ3v) is 3.68. The molecule has 0 fully saturated rings. The Hall–Kier alpha value is -2.67. The SMILES string of the molecule is O=C(Nc1nnc(-c2ccccc2)s1)c1cc(F)cc(F)c1. The average Bonchev–Trinajstić information content (AvgIpc) is 2.95. The number of aromatic nitrogens is 2. The van der Waals surface area contributed by atoms with Crippen molar-refractivity contribution in [2.75, 3.05) is 5.32 Å². The molecule has 4 nitrogen and oxygen atoms in total. The summed E-state index contributed by atoms with van der Waals surface area (Å²) in [5, 5.41) is 11.2. The maximum atomic E-state index is 13.1. The van der Waals surface area contributed by atoms with Gasteiger partial charge in [0.2, 0.25) is 5.13 Å². The van der Waals surface area contributed by atoms with Gasteiger partial charge in [0.25, 0.3) is 5.91 Å². The van der Waals surface area contributed by atoms with Crippen molar-refractivity contribution in [3.05, 3.63) is 65.7 Å². The van der Waals surface area contributed by atoms with Crippen LogP contribution in [0.15, 0.2) is 48.5 Å². The molecule has 3 rings (SSSR count). The van der Waals surface area contributed by atoms with Crippen molar-refractivity contribution in [2.45, 2.75) is 0 Å². The molecular weight excluding hydrogens is 308 g/mol. The molecular formula is C15H9F2N3OS. The standard InChI is InChI=1S/C15H9F2N3OS/c16-11-6-10(7-12(17)8-11)13(21)18-15-20-19-14(22-15)9-4-2-1-3-5-9/h1-8H,(H,18,20,21). The molecule has 0 aliphatic rings. The van der Waals surface area contributed by atoms with Gasteiger partial charge in [0.15, 0.2) is 0 Å².